The number of nitrogens with one attached hydrogen (secondary N) is 1. The molecule has 1 heterocycles. The minimum absolute atomic E-state index is 0.122. The summed E-state index contributed by atoms with van der Waals surface area (Å²) in [6.45, 7) is 3.61. The van der Waals surface area contributed by atoms with Crippen LogP contribution in [0.4, 0.5) is 0 Å². The van der Waals surface area contributed by atoms with Gasteiger partial charge in [0.15, 0.2) is 0 Å². The molecule has 2 aromatic rings. The number of pyridine rings is 1. The van der Waals surface area contributed by atoms with E-state index in [1.807, 2.05) is 31.0 Å². The number of nitrogens with zero attached hydrogens (tertiary/aromatic N) is 2. The zero-order valence-corrected chi connectivity index (χ0v) is 17.5. The fourth-order valence-corrected chi connectivity index (χ4v) is 4.55. The first kappa shape index (κ1) is 20.9. The highest BCUT2D eigenvalue weighted by atomic mass is 16.2. The molecule has 152 valence electrons. The van der Waals surface area contributed by atoms with E-state index >= 15 is 0 Å². The standard InChI is InChI=1S/C24H29N3O2/c1-16-21(17(2)26-24(29)22(16)15-25)13-14-23(28)27(3)20-11-9-19(10-12-20)18-7-5-4-6-8-18/h4-8,19-20H,9-14H2,1-3H3,(H,26,29). The number of rotatable bonds is 5. The van der Waals surface area contributed by atoms with Crippen LogP contribution in [-0.4, -0.2) is 28.9 Å². The molecule has 0 saturated heterocycles. The van der Waals surface area contributed by atoms with Gasteiger partial charge < -0.3 is 9.88 Å². The fourth-order valence-electron chi connectivity index (χ4n) is 4.55. The van der Waals surface area contributed by atoms with Gasteiger partial charge in [-0.15, -0.1) is 0 Å². The topological polar surface area (TPSA) is 77.0 Å². The third kappa shape index (κ3) is 4.59. The number of carbonyl (C=O) groups is 1. The third-order valence-electron chi connectivity index (χ3n) is 6.42. The summed E-state index contributed by atoms with van der Waals surface area (Å²) in [7, 11) is 1.91. The number of H-pyrrole nitrogens is 1. The van der Waals surface area contributed by atoms with Crippen molar-refractivity contribution in [1.82, 2.24) is 9.88 Å². The van der Waals surface area contributed by atoms with Crippen LogP contribution in [-0.2, 0) is 11.2 Å². The van der Waals surface area contributed by atoms with Gasteiger partial charge in [-0.1, -0.05) is 30.3 Å². The maximum Gasteiger partial charge on any atom is 0.266 e. The molecule has 1 aliphatic rings. The van der Waals surface area contributed by atoms with Crippen LogP contribution in [0.15, 0.2) is 35.1 Å². The zero-order valence-electron chi connectivity index (χ0n) is 17.5. The van der Waals surface area contributed by atoms with Gasteiger partial charge in [-0.3, -0.25) is 9.59 Å². The van der Waals surface area contributed by atoms with Gasteiger partial charge in [0.25, 0.3) is 5.56 Å². The van der Waals surface area contributed by atoms with Gasteiger partial charge in [0.1, 0.15) is 11.6 Å². The van der Waals surface area contributed by atoms with Crippen LogP contribution in [0.5, 0.6) is 0 Å². The first-order chi connectivity index (χ1) is 13.9. The Hall–Kier alpha value is -2.87. The summed E-state index contributed by atoms with van der Waals surface area (Å²) < 4.78 is 0. The summed E-state index contributed by atoms with van der Waals surface area (Å²) in [5.74, 6) is 0.712. The number of aryl methyl sites for hydroxylation is 1. The molecule has 1 aromatic carbocycles. The summed E-state index contributed by atoms with van der Waals surface area (Å²) in [6.07, 6.45) is 5.18. The normalized spacial score (nSPS) is 18.8. The minimum Gasteiger partial charge on any atom is -0.343 e. The van der Waals surface area contributed by atoms with Crippen LogP contribution < -0.4 is 5.56 Å². The average molecular weight is 392 g/mol. The predicted molar refractivity (Wildman–Crippen MR) is 114 cm³/mol. The summed E-state index contributed by atoms with van der Waals surface area (Å²) >= 11 is 0. The molecule has 1 fully saturated rings. The van der Waals surface area contributed by atoms with Crippen molar-refractivity contribution in [2.24, 2.45) is 0 Å². The number of benzene rings is 1. The molecule has 5 heteroatoms. The highest BCUT2D eigenvalue weighted by Crippen LogP contribution is 2.34. The lowest BCUT2D eigenvalue weighted by Gasteiger charge is -2.35. The number of aromatic nitrogens is 1. The van der Waals surface area contributed by atoms with E-state index in [0.717, 1.165) is 36.9 Å². The maximum atomic E-state index is 12.8. The average Bonchev–Trinajstić information content (AvgIpc) is 2.73. The molecule has 0 atom stereocenters. The van der Waals surface area contributed by atoms with E-state index in [1.54, 1.807) is 6.92 Å². The van der Waals surface area contributed by atoms with Crippen LogP contribution in [0.25, 0.3) is 0 Å². The highest BCUT2D eigenvalue weighted by molar-refractivity contribution is 5.76. The second-order valence-corrected chi connectivity index (χ2v) is 8.09. The lowest BCUT2D eigenvalue weighted by molar-refractivity contribution is -0.132. The lowest BCUT2D eigenvalue weighted by Crippen LogP contribution is -2.39. The Bertz CT molecular complexity index is 964. The van der Waals surface area contributed by atoms with E-state index in [9.17, 15) is 14.9 Å². The molecule has 1 aliphatic carbocycles. The second kappa shape index (κ2) is 9.09. The predicted octanol–water partition coefficient (Wildman–Crippen LogP) is 3.98. The second-order valence-electron chi connectivity index (χ2n) is 8.09. The molecular weight excluding hydrogens is 362 g/mol. The molecule has 0 aliphatic heterocycles. The van der Waals surface area contributed by atoms with Gasteiger partial charge in [-0.2, -0.15) is 5.26 Å². The molecule has 0 unspecified atom stereocenters. The maximum absolute atomic E-state index is 12.8. The Kier molecular flexibility index (Phi) is 6.53. The first-order valence-corrected chi connectivity index (χ1v) is 10.4. The molecule has 1 N–H and O–H groups in total. The van der Waals surface area contributed by atoms with Crippen molar-refractivity contribution in [3.05, 3.63) is 68.6 Å². The number of nitriles is 1. The third-order valence-corrected chi connectivity index (χ3v) is 6.42. The van der Waals surface area contributed by atoms with Crippen LogP contribution in [0.2, 0.25) is 0 Å². The van der Waals surface area contributed by atoms with Crippen molar-refractivity contribution in [1.29, 1.82) is 5.26 Å². The lowest BCUT2D eigenvalue weighted by atomic mass is 9.81. The number of hydrogen-bond donors (Lipinski definition) is 1. The SMILES string of the molecule is Cc1[nH]c(=O)c(C#N)c(C)c1CCC(=O)N(C)C1CCC(c2ccccc2)CC1. The Balaban J connectivity index is 1.58. The number of aromatic amines is 1. The summed E-state index contributed by atoms with van der Waals surface area (Å²) in [6, 6.07) is 12.9. The number of carbonyl (C=O) groups excluding carboxylic acids is 1. The summed E-state index contributed by atoms with van der Waals surface area (Å²) in [5.41, 5.74) is 3.52. The van der Waals surface area contributed by atoms with Crippen molar-refractivity contribution < 1.29 is 4.79 Å². The van der Waals surface area contributed by atoms with E-state index in [1.165, 1.54) is 5.56 Å². The Morgan fingerprint density at radius 2 is 1.83 bits per heavy atom. The van der Waals surface area contributed by atoms with Crippen LogP contribution in [0, 0.1) is 25.2 Å². The molecule has 1 amide bonds. The summed E-state index contributed by atoms with van der Waals surface area (Å²) in [4.78, 5) is 29.3. The Labute approximate surface area is 172 Å². The van der Waals surface area contributed by atoms with Crippen molar-refractivity contribution in [3.63, 3.8) is 0 Å². The van der Waals surface area contributed by atoms with Gasteiger partial charge >= 0.3 is 0 Å². The van der Waals surface area contributed by atoms with Crippen molar-refractivity contribution in [2.45, 2.75) is 64.3 Å². The molecule has 1 aromatic heterocycles. The van der Waals surface area contributed by atoms with E-state index < -0.39 is 0 Å². The van der Waals surface area contributed by atoms with Gasteiger partial charge in [0, 0.05) is 25.2 Å². The zero-order chi connectivity index (χ0) is 21.0. The van der Waals surface area contributed by atoms with Crippen LogP contribution >= 0.6 is 0 Å². The molecule has 29 heavy (non-hydrogen) atoms. The largest absolute Gasteiger partial charge is 0.343 e. The van der Waals surface area contributed by atoms with E-state index in [4.69, 9.17) is 0 Å². The molecule has 0 bridgehead atoms. The minimum atomic E-state index is -0.357. The summed E-state index contributed by atoms with van der Waals surface area (Å²) in [5, 5.41) is 9.21. The molecule has 5 nitrogen and oxygen atoms in total. The van der Waals surface area contributed by atoms with E-state index in [0.29, 0.717) is 24.3 Å². The van der Waals surface area contributed by atoms with Crippen molar-refractivity contribution in [3.8, 4) is 6.07 Å². The van der Waals surface area contributed by atoms with Crippen molar-refractivity contribution in [2.75, 3.05) is 7.05 Å². The van der Waals surface area contributed by atoms with E-state index in [-0.39, 0.29) is 23.1 Å². The highest BCUT2D eigenvalue weighted by Gasteiger charge is 2.27. The fraction of sp³-hybridized carbons (Fsp3) is 0.458. The Morgan fingerprint density at radius 3 is 2.45 bits per heavy atom. The number of hydrogen-bond acceptors (Lipinski definition) is 3. The van der Waals surface area contributed by atoms with Crippen molar-refractivity contribution >= 4 is 5.91 Å². The molecule has 1 saturated carbocycles. The number of amides is 1. The Morgan fingerprint density at radius 1 is 1.17 bits per heavy atom. The van der Waals surface area contributed by atoms with Gasteiger partial charge in [0.05, 0.1) is 0 Å². The van der Waals surface area contributed by atoms with E-state index in [2.05, 4.69) is 29.2 Å². The monoisotopic (exact) mass is 391 g/mol. The van der Waals surface area contributed by atoms with Gasteiger partial charge in [-0.05, 0) is 68.6 Å². The van der Waals surface area contributed by atoms with Gasteiger partial charge in [0.2, 0.25) is 5.91 Å². The van der Waals surface area contributed by atoms with Crippen LogP contribution in [0.3, 0.4) is 0 Å². The quantitative estimate of drug-likeness (QED) is 0.837. The molecule has 3 rings (SSSR count). The molecule has 0 spiro atoms. The van der Waals surface area contributed by atoms with Crippen LogP contribution in [0.1, 0.15) is 66.0 Å². The first-order valence-electron chi connectivity index (χ1n) is 10.4. The molecule has 0 radical (unpaired) electrons. The molecular formula is C24H29N3O2. The van der Waals surface area contributed by atoms with Gasteiger partial charge in [-0.25, -0.2) is 0 Å². The smallest absolute Gasteiger partial charge is 0.266 e.